The van der Waals surface area contributed by atoms with Crippen molar-refractivity contribution < 1.29 is 31.8 Å². The molecule has 7 nitrogen and oxygen atoms in total. The highest BCUT2D eigenvalue weighted by molar-refractivity contribution is 7.77. The Morgan fingerprint density at radius 1 is 1.09 bits per heavy atom. The van der Waals surface area contributed by atoms with Crippen molar-refractivity contribution in [3.05, 3.63) is 70.7 Å². The third-order valence-corrected chi connectivity index (χ3v) is 5.14. The number of benzene rings is 2. The smallest absolute Gasteiger partial charge is 0.231 e. The van der Waals surface area contributed by atoms with Gasteiger partial charge in [0.15, 0.2) is 17.4 Å². The van der Waals surface area contributed by atoms with Gasteiger partial charge in [0.05, 0.1) is 29.6 Å². The maximum Gasteiger partial charge on any atom is 0.231 e. The summed E-state index contributed by atoms with van der Waals surface area (Å²) in [6.07, 6.45) is 1.63. The molecular weight excluding hydrogens is 447 g/mol. The van der Waals surface area contributed by atoms with E-state index in [0.717, 1.165) is 0 Å². The van der Waals surface area contributed by atoms with Crippen LogP contribution in [0.2, 0.25) is 0 Å². The number of carbonyl (C=O) groups excluding carboxylic acids is 1. The lowest BCUT2D eigenvalue weighted by Crippen LogP contribution is -2.18. The summed E-state index contributed by atoms with van der Waals surface area (Å²) in [5.74, 6) is -5.13. The van der Waals surface area contributed by atoms with E-state index in [1.54, 1.807) is 12.3 Å². The van der Waals surface area contributed by atoms with E-state index in [-0.39, 0.29) is 43.7 Å². The number of nitrogens with zero attached hydrogens (tertiary/aromatic N) is 1. The average molecular weight is 467 g/mol. The molecule has 0 radical (unpaired) electrons. The first-order chi connectivity index (χ1) is 15.3. The van der Waals surface area contributed by atoms with Crippen LogP contribution in [0.1, 0.15) is 27.9 Å². The zero-order valence-electron chi connectivity index (χ0n) is 16.7. The molecule has 32 heavy (non-hydrogen) atoms. The molecule has 170 valence electrons. The van der Waals surface area contributed by atoms with E-state index in [9.17, 15) is 22.2 Å². The minimum atomic E-state index is -2.24. The lowest BCUT2D eigenvalue weighted by molar-refractivity contribution is 0.102. The summed E-state index contributed by atoms with van der Waals surface area (Å²) in [6.45, 7) is 0.234. The van der Waals surface area contributed by atoms with Gasteiger partial charge in [0.2, 0.25) is 11.3 Å². The summed E-state index contributed by atoms with van der Waals surface area (Å²) < 4.78 is 65.0. The van der Waals surface area contributed by atoms with E-state index in [2.05, 4.69) is 15.0 Å². The number of aliphatic hydroxyl groups is 1. The minimum absolute atomic E-state index is 0.0369. The number of nitrogens with one attached hydrogen (secondary N) is 2. The van der Waals surface area contributed by atoms with E-state index in [0.29, 0.717) is 22.7 Å². The third-order valence-electron chi connectivity index (χ3n) is 4.69. The van der Waals surface area contributed by atoms with Crippen LogP contribution in [0.15, 0.2) is 36.5 Å². The van der Waals surface area contributed by atoms with Crippen molar-refractivity contribution in [2.24, 2.45) is 0 Å². The van der Waals surface area contributed by atoms with Gasteiger partial charge in [0.25, 0.3) is 0 Å². The Hall–Kier alpha value is -2.86. The van der Waals surface area contributed by atoms with Gasteiger partial charge in [0, 0.05) is 24.0 Å². The van der Waals surface area contributed by atoms with Crippen LogP contribution in [-0.2, 0) is 17.7 Å². The molecule has 3 aromatic rings. The lowest BCUT2D eigenvalue weighted by Gasteiger charge is -2.11. The topological polar surface area (TPSA) is 112 Å². The number of carbonyl (C=O) groups is 1. The van der Waals surface area contributed by atoms with Crippen molar-refractivity contribution in [1.29, 1.82) is 0 Å². The number of aryl methyl sites for hydroxylation is 1. The molecule has 0 saturated carbocycles. The first kappa shape index (κ1) is 23.8. The molecule has 4 N–H and O–H groups in total. The van der Waals surface area contributed by atoms with Crippen molar-refractivity contribution >= 4 is 33.6 Å². The number of ketones is 1. The molecule has 0 aliphatic heterocycles. The molecule has 0 saturated heterocycles. The van der Waals surface area contributed by atoms with Crippen LogP contribution in [0, 0.1) is 17.5 Å². The largest absolute Gasteiger partial charge is 0.395 e. The van der Waals surface area contributed by atoms with E-state index in [1.165, 1.54) is 18.2 Å². The van der Waals surface area contributed by atoms with Gasteiger partial charge in [-0.15, -0.1) is 0 Å². The summed E-state index contributed by atoms with van der Waals surface area (Å²) in [4.78, 5) is 17.1. The third kappa shape index (κ3) is 5.49. The van der Waals surface area contributed by atoms with Gasteiger partial charge in [-0.3, -0.25) is 14.3 Å². The fraction of sp³-hybridized carbons (Fsp3) is 0.238. The van der Waals surface area contributed by atoms with Crippen LogP contribution in [0.5, 0.6) is 0 Å². The highest BCUT2D eigenvalue weighted by atomic mass is 32.2. The zero-order valence-corrected chi connectivity index (χ0v) is 17.5. The van der Waals surface area contributed by atoms with E-state index < -0.39 is 40.1 Å². The van der Waals surface area contributed by atoms with E-state index in [1.807, 2.05) is 0 Å². The van der Waals surface area contributed by atoms with Crippen molar-refractivity contribution in [3.63, 3.8) is 0 Å². The highest BCUT2D eigenvalue weighted by Gasteiger charge is 2.25. The number of hydrogen-bond acceptors (Lipinski definition) is 5. The van der Waals surface area contributed by atoms with Crippen molar-refractivity contribution in [3.8, 4) is 0 Å². The Morgan fingerprint density at radius 3 is 2.59 bits per heavy atom. The molecule has 1 aromatic heterocycles. The van der Waals surface area contributed by atoms with Crippen LogP contribution in [-0.4, -0.2) is 44.3 Å². The van der Waals surface area contributed by atoms with Crippen molar-refractivity contribution in [1.82, 2.24) is 9.71 Å². The number of rotatable bonds is 10. The Kier molecular flexibility index (Phi) is 7.91. The summed E-state index contributed by atoms with van der Waals surface area (Å²) in [5, 5.41) is 12.4. The van der Waals surface area contributed by atoms with E-state index in [4.69, 9.17) is 9.66 Å². The summed E-state index contributed by atoms with van der Waals surface area (Å²) >= 11 is -2.24. The highest BCUT2D eigenvalue weighted by Crippen LogP contribution is 2.26. The minimum Gasteiger partial charge on any atom is -0.395 e. The second-order valence-electron chi connectivity index (χ2n) is 6.88. The van der Waals surface area contributed by atoms with Gasteiger partial charge in [-0.05, 0) is 48.7 Å². The number of aliphatic hydroxyl groups excluding tert-OH is 1. The van der Waals surface area contributed by atoms with Crippen LogP contribution in [0.25, 0.3) is 10.9 Å². The van der Waals surface area contributed by atoms with Crippen LogP contribution < -0.4 is 10.0 Å². The van der Waals surface area contributed by atoms with Crippen LogP contribution in [0.3, 0.4) is 0 Å². The lowest BCUT2D eigenvalue weighted by atomic mass is 9.96. The predicted octanol–water partition coefficient (Wildman–Crippen LogP) is 2.95. The number of aromatic nitrogens is 1. The van der Waals surface area contributed by atoms with Crippen LogP contribution in [0.4, 0.5) is 18.9 Å². The van der Waals surface area contributed by atoms with E-state index >= 15 is 0 Å². The Bertz CT molecular complexity index is 1180. The second-order valence-corrected chi connectivity index (χ2v) is 7.67. The monoisotopic (exact) mass is 467 g/mol. The molecule has 0 aliphatic rings. The normalized spacial score (nSPS) is 12.2. The molecule has 1 atom stereocenters. The molecule has 0 bridgehead atoms. The summed E-state index contributed by atoms with van der Waals surface area (Å²) in [7, 11) is 0. The van der Waals surface area contributed by atoms with Gasteiger partial charge in [-0.2, -0.15) is 0 Å². The zero-order chi connectivity index (χ0) is 23.3. The molecule has 2 aromatic carbocycles. The van der Waals surface area contributed by atoms with Crippen LogP contribution >= 0.6 is 0 Å². The molecule has 1 heterocycles. The van der Waals surface area contributed by atoms with Crippen molar-refractivity contribution in [2.75, 3.05) is 25.0 Å². The second kappa shape index (κ2) is 10.6. The molecule has 11 heteroatoms. The molecule has 0 fully saturated rings. The quantitative estimate of drug-likeness (QED) is 0.158. The Morgan fingerprint density at radius 2 is 1.88 bits per heavy atom. The number of fused-ring (bicyclic) bond motifs is 1. The van der Waals surface area contributed by atoms with Gasteiger partial charge in [0.1, 0.15) is 5.82 Å². The number of halogens is 3. The Balaban J connectivity index is 1.93. The maximum absolute atomic E-state index is 14.9. The van der Waals surface area contributed by atoms with Crippen molar-refractivity contribution in [2.45, 2.75) is 12.8 Å². The van der Waals surface area contributed by atoms with Gasteiger partial charge in [-0.25, -0.2) is 22.1 Å². The first-order valence-corrected chi connectivity index (χ1v) is 10.7. The molecule has 0 spiro atoms. The fourth-order valence-electron chi connectivity index (χ4n) is 3.19. The fourth-order valence-corrected chi connectivity index (χ4v) is 3.51. The van der Waals surface area contributed by atoms with Gasteiger partial charge in [-0.1, -0.05) is 0 Å². The summed E-state index contributed by atoms with van der Waals surface area (Å²) in [5.41, 5.74) is -0.147. The summed E-state index contributed by atoms with van der Waals surface area (Å²) in [6, 6.07) is 6.60. The predicted molar refractivity (Wildman–Crippen MR) is 114 cm³/mol. The SMILES string of the molecule is O=C(c1ccc2ncc(NCCO)cc2c1)c1c(F)c(F)cc(CCCNS(=O)O)c1F. The standard InChI is InChI=1S/C21H20F3N3O4S/c22-16-10-12(2-1-5-27-32(30)31)19(23)18(20(16)24)21(29)13-3-4-17-14(8-13)9-15(11-26-17)25-6-7-28/h3-4,8-11,25,27-28H,1-2,5-7H2,(H,30,31). The molecule has 0 aliphatic carbocycles. The number of anilines is 1. The average Bonchev–Trinajstić information content (AvgIpc) is 2.77. The molecule has 0 amide bonds. The molecule has 3 rings (SSSR count). The Labute approximate surface area is 184 Å². The number of hydrogen-bond donors (Lipinski definition) is 4. The molecular formula is C21H20F3N3O4S. The first-order valence-electron chi connectivity index (χ1n) is 9.61. The number of pyridine rings is 1. The van der Waals surface area contributed by atoms with Gasteiger partial charge < -0.3 is 10.4 Å². The van der Waals surface area contributed by atoms with Gasteiger partial charge >= 0.3 is 0 Å². The maximum atomic E-state index is 14.9. The molecule has 1 unspecified atom stereocenters.